The highest BCUT2D eigenvalue weighted by Crippen LogP contribution is 2.41. The zero-order chi connectivity index (χ0) is 33.0. The monoisotopic (exact) mass is 634 g/mol. The fourth-order valence-electron chi connectivity index (χ4n) is 5.83. The summed E-state index contributed by atoms with van der Waals surface area (Å²) in [5, 5.41) is 8.48. The molecule has 0 fully saturated rings. The molecule has 6 aromatic rings. The Bertz CT molecular complexity index is 2320. The summed E-state index contributed by atoms with van der Waals surface area (Å²) < 4.78 is 31.5. The maximum absolute atomic E-state index is 13.9. The first-order valence-electron chi connectivity index (χ1n) is 14.9. The van der Waals surface area contributed by atoms with Gasteiger partial charge in [0.05, 0.1) is 30.2 Å². The lowest BCUT2D eigenvalue weighted by atomic mass is 9.97. The SMILES string of the molecule is COc1cc(C2CC(c3ccc(F)cc3)=Nc3c(C)nn(-c4ccccc4)c3N2)ccc1Oc1nc2c(c(=O)n(C)c(=O)n2C)n1C. The molecule has 47 heavy (non-hydrogen) atoms. The standard InChI is InChI=1S/C34H31FN8O4/c1-19-28-30(43(39-19)23-9-7-6-8-10-23)37-25(18-24(36-28)20-11-14-22(35)15-12-20)21-13-16-26(27(17-21)46-5)47-33-38-31-29(40(33)2)32(44)42(4)34(45)41(31)3/h6-17,25,37H,18H2,1-5H3. The van der Waals surface area contributed by atoms with E-state index in [9.17, 15) is 14.0 Å². The van der Waals surface area contributed by atoms with Gasteiger partial charge in [-0.15, -0.1) is 0 Å². The van der Waals surface area contributed by atoms with E-state index in [2.05, 4.69) is 10.3 Å². The molecule has 238 valence electrons. The number of aliphatic imine (C=N–C) groups is 1. The molecular weight excluding hydrogens is 603 g/mol. The number of ether oxygens (including phenoxy) is 2. The van der Waals surface area contributed by atoms with Crippen LogP contribution in [-0.2, 0) is 21.1 Å². The number of rotatable bonds is 6. The van der Waals surface area contributed by atoms with Crippen molar-refractivity contribution in [3.05, 3.63) is 116 Å². The molecule has 0 spiro atoms. The van der Waals surface area contributed by atoms with Crippen LogP contribution in [0.4, 0.5) is 15.9 Å². The fourth-order valence-corrected chi connectivity index (χ4v) is 5.83. The maximum Gasteiger partial charge on any atom is 0.332 e. The largest absolute Gasteiger partial charge is 0.493 e. The molecule has 12 nitrogen and oxygen atoms in total. The second-order valence-corrected chi connectivity index (χ2v) is 11.3. The van der Waals surface area contributed by atoms with Crippen molar-refractivity contribution >= 4 is 28.4 Å². The average Bonchev–Trinajstić information content (AvgIpc) is 3.48. The molecule has 0 bridgehead atoms. The lowest BCUT2D eigenvalue weighted by Gasteiger charge is -2.21. The molecular formula is C34H31FN8O4. The summed E-state index contributed by atoms with van der Waals surface area (Å²) in [5.74, 6) is 1.19. The molecule has 4 heterocycles. The third-order valence-corrected chi connectivity index (χ3v) is 8.39. The first-order valence-corrected chi connectivity index (χ1v) is 14.9. The van der Waals surface area contributed by atoms with Gasteiger partial charge >= 0.3 is 11.7 Å². The van der Waals surface area contributed by atoms with Crippen molar-refractivity contribution in [2.45, 2.75) is 19.4 Å². The van der Waals surface area contributed by atoms with Crippen LogP contribution in [-0.4, -0.2) is 41.3 Å². The number of anilines is 1. The number of benzene rings is 3. The van der Waals surface area contributed by atoms with Gasteiger partial charge in [0.25, 0.3) is 5.56 Å². The van der Waals surface area contributed by atoms with Crippen molar-refractivity contribution in [3.8, 4) is 23.2 Å². The van der Waals surface area contributed by atoms with Crippen LogP contribution in [0.5, 0.6) is 17.5 Å². The number of methoxy groups -OCH3 is 1. The third-order valence-electron chi connectivity index (χ3n) is 8.39. The maximum atomic E-state index is 13.9. The molecule has 1 unspecified atom stereocenters. The quantitative estimate of drug-likeness (QED) is 0.271. The summed E-state index contributed by atoms with van der Waals surface area (Å²) in [7, 11) is 6.16. The van der Waals surface area contributed by atoms with Gasteiger partial charge in [0.1, 0.15) is 11.5 Å². The molecule has 0 amide bonds. The summed E-state index contributed by atoms with van der Waals surface area (Å²) in [4.78, 5) is 34.9. The van der Waals surface area contributed by atoms with E-state index in [0.717, 1.165) is 38.6 Å². The molecule has 7 rings (SSSR count). The van der Waals surface area contributed by atoms with Crippen LogP contribution < -0.4 is 26.0 Å². The minimum absolute atomic E-state index is 0.120. The van der Waals surface area contributed by atoms with Crippen molar-refractivity contribution < 1.29 is 13.9 Å². The summed E-state index contributed by atoms with van der Waals surface area (Å²) in [6.45, 7) is 1.91. The highest BCUT2D eigenvalue weighted by atomic mass is 19.1. The van der Waals surface area contributed by atoms with E-state index in [-0.39, 0.29) is 29.0 Å². The Morgan fingerprint density at radius 1 is 0.915 bits per heavy atom. The van der Waals surface area contributed by atoms with Crippen molar-refractivity contribution in [2.24, 2.45) is 26.1 Å². The van der Waals surface area contributed by atoms with E-state index in [1.165, 1.54) is 35.4 Å². The van der Waals surface area contributed by atoms with Crippen molar-refractivity contribution in [1.82, 2.24) is 28.5 Å². The highest BCUT2D eigenvalue weighted by Gasteiger charge is 2.28. The van der Waals surface area contributed by atoms with E-state index in [1.807, 2.05) is 54.1 Å². The molecule has 3 aromatic heterocycles. The lowest BCUT2D eigenvalue weighted by Crippen LogP contribution is -2.37. The Balaban J connectivity index is 1.30. The molecule has 1 aliphatic heterocycles. The zero-order valence-corrected chi connectivity index (χ0v) is 26.4. The van der Waals surface area contributed by atoms with Crippen molar-refractivity contribution in [3.63, 3.8) is 0 Å². The molecule has 1 atom stereocenters. The topological polar surface area (TPSA) is 122 Å². The van der Waals surface area contributed by atoms with Gasteiger partial charge in [-0.05, 0) is 54.4 Å². The highest BCUT2D eigenvalue weighted by molar-refractivity contribution is 6.04. The number of nitrogens with one attached hydrogen (secondary N) is 1. The van der Waals surface area contributed by atoms with Crippen LogP contribution in [0.2, 0.25) is 0 Å². The van der Waals surface area contributed by atoms with E-state index < -0.39 is 11.2 Å². The van der Waals surface area contributed by atoms with Crippen LogP contribution in [0.3, 0.4) is 0 Å². The van der Waals surface area contributed by atoms with Crippen LogP contribution in [0, 0.1) is 12.7 Å². The van der Waals surface area contributed by atoms with Crippen molar-refractivity contribution in [1.29, 1.82) is 0 Å². The van der Waals surface area contributed by atoms with Gasteiger partial charge in [0.2, 0.25) is 0 Å². The second-order valence-electron chi connectivity index (χ2n) is 11.3. The number of hydrogen-bond acceptors (Lipinski definition) is 8. The Morgan fingerprint density at radius 3 is 2.38 bits per heavy atom. The van der Waals surface area contributed by atoms with Crippen LogP contribution in [0.25, 0.3) is 16.9 Å². The third kappa shape index (κ3) is 5.05. The van der Waals surface area contributed by atoms with Gasteiger partial charge in [-0.3, -0.25) is 18.5 Å². The Kier molecular flexibility index (Phi) is 7.23. The summed E-state index contributed by atoms with van der Waals surface area (Å²) in [5.41, 5.74) is 4.24. The zero-order valence-electron chi connectivity index (χ0n) is 26.4. The average molecular weight is 635 g/mol. The number of halogens is 1. The van der Waals surface area contributed by atoms with E-state index in [1.54, 1.807) is 32.3 Å². The Labute approximate surface area is 268 Å². The van der Waals surface area contributed by atoms with E-state index in [4.69, 9.17) is 19.6 Å². The van der Waals surface area contributed by atoms with Crippen LogP contribution >= 0.6 is 0 Å². The summed E-state index contributed by atoms with van der Waals surface area (Å²) >= 11 is 0. The van der Waals surface area contributed by atoms with Gasteiger partial charge in [-0.2, -0.15) is 10.1 Å². The number of hydrogen-bond donors (Lipinski definition) is 1. The number of para-hydroxylation sites is 1. The van der Waals surface area contributed by atoms with Crippen LogP contribution in [0.15, 0.2) is 87.4 Å². The summed E-state index contributed by atoms with van der Waals surface area (Å²) in [6, 6.07) is 21.5. The minimum Gasteiger partial charge on any atom is -0.493 e. The molecule has 0 saturated heterocycles. The molecule has 13 heteroatoms. The smallest absolute Gasteiger partial charge is 0.332 e. The van der Waals surface area contributed by atoms with E-state index >= 15 is 0 Å². The number of aromatic nitrogens is 6. The van der Waals surface area contributed by atoms with Gasteiger partial charge in [-0.25, -0.2) is 18.9 Å². The Hall–Kier alpha value is -5.98. The second kappa shape index (κ2) is 11.4. The normalized spacial score (nSPS) is 14.3. The van der Waals surface area contributed by atoms with Gasteiger partial charge in [0.15, 0.2) is 28.5 Å². The van der Waals surface area contributed by atoms with Crippen LogP contribution in [0.1, 0.15) is 29.3 Å². The molecule has 0 radical (unpaired) electrons. The number of aryl methyl sites for hydroxylation is 3. The Morgan fingerprint density at radius 2 is 1.66 bits per heavy atom. The van der Waals surface area contributed by atoms with Crippen molar-refractivity contribution in [2.75, 3.05) is 12.4 Å². The number of fused-ring (bicyclic) bond motifs is 2. The first kappa shape index (κ1) is 29.7. The predicted octanol–water partition coefficient (Wildman–Crippen LogP) is 5.08. The van der Waals surface area contributed by atoms with E-state index in [0.29, 0.717) is 23.6 Å². The molecule has 0 aliphatic carbocycles. The molecule has 0 saturated carbocycles. The van der Waals surface area contributed by atoms with Gasteiger partial charge < -0.3 is 14.8 Å². The number of nitrogens with zero attached hydrogens (tertiary/aromatic N) is 7. The fraction of sp³-hybridized carbons (Fsp3) is 0.206. The van der Waals surface area contributed by atoms with Gasteiger partial charge in [0, 0.05) is 27.6 Å². The predicted molar refractivity (Wildman–Crippen MR) is 176 cm³/mol. The first-order chi connectivity index (χ1) is 22.6. The number of imidazole rings is 1. The lowest BCUT2D eigenvalue weighted by molar-refractivity contribution is 0.362. The summed E-state index contributed by atoms with van der Waals surface area (Å²) in [6.07, 6.45) is 0.472. The minimum atomic E-state index is -0.486. The molecule has 3 aromatic carbocycles. The molecule has 1 N–H and O–H groups in total. The molecule has 1 aliphatic rings. The van der Waals surface area contributed by atoms with Gasteiger partial charge in [-0.1, -0.05) is 36.4 Å².